The van der Waals surface area contributed by atoms with Crippen molar-refractivity contribution < 1.29 is 14.3 Å². The smallest absolute Gasteiger partial charge is 0.410 e. The molecule has 2 fully saturated rings. The Hall–Kier alpha value is -2.64. The first-order valence-corrected chi connectivity index (χ1v) is 10.8. The lowest BCUT2D eigenvalue weighted by atomic mass is 9.90. The second-order valence-corrected chi connectivity index (χ2v) is 8.55. The summed E-state index contributed by atoms with van der Waals surface area (Å²) in [6, 6.07) is 16.0. The number of cyclic esters (lactones) is 1. The van der Waals surface area contributed by atoms with Crippen LogP contribution in [-0.4, -0.2) is 41.7 Å². The van der Waals surface area contributed by atoms with Gasteiger partial charge >= 0.3 is 6.09 Å². The van der Waals surface area contributed by atoms with E-state index in [1.165, 1.54) is 11.3 Å². The number of thiazole rings is 1. The monoisotopic (exact) mass is 409 g/mol. The Morgan fingerprint density at radius 2 is 1.93 bits per heavy atom. The number of hydrogen-bond acceptors (Lipinski definition) is 6. The van der Waals surface area contributed by atoms with Crippen molar-refractivity contribution in [3.63, 3.8) is 0 Å². The van der Waals surface area contributed by atoms with Crippen LogP contribution in [0.2, 0.25) is 0 Å². The third-order valence-electron chi connectivity index (χ3n) is 5.70. The van der Waals surface area contributed by atoms with Gasteiger partial charge in [0.05, 0.1) is 16.3 Å². The Morgan fingerprint density at radius 1 is 1.14 bits per heavy atom. The molecule has 2 aliphatic rings. The van der Waals surface area contributed by atoms with Crippen LogP contribution in [0.15, 0.2) is 48.5 Å². The van der Waals surface area contributed by atoms with Crippen molar-refractivity contribution in [2.24, 2.45) is 5.92 Å². The number of amides is 1. The van der Waals surface area contributed by atoms with Crippen LogP contribution in [0.1, 0.15) is 18.4 Å². The molecule has 3 heterocycles. The van der Waals surface area contributed by atoms with E-state index in [0.717, 1.165) is 47.5 Å². The molecule has 0 aliphatic carbocycles. The van der Waals surface area contributed by atoms with Crippen LogP contribution in [0.25, 0.3) is 10.2 Å². The average Bonchev–Trinajstić information content (AvgIpc) is 3.33. The highest BCUT2D eigenvalue weighted by atomic mass is 32.1. The Kier molecular flexibility index (Phi) is 5.08. The highest BCUT2D eigenvalue weighted by Crippen LogP contribution is 2.32. The van der Waals surface area contributed by atoms with Crippen molar-refractivity contribution in [2.45, 2.75) is 25.4 Å². The normalized spacial score (nSPS) is 20.2. The fourth-order valence-corrected chi connectivity index (χ4v) is 4.96. The molecule has 2 aromatic carbocycles. The molecule has 1 amide bonds. The van der Waals surface area contributed by atoms with E-state index in [9.17, 15) is 4.79 Å². The number of aromatic nitrogens is 1. The summed E-state index contributed by atoms with van der Waals surface area (Å²) in [5.41, 5.74) is 2.01. The van der Waals surface area contributed by atoms with E-state index < -0.39 is 0 Å². The fraction of sp³-hybridized carbons (Fsp3) is 0.364. The molecule has 6 nitrogen and oxygen atoms in total. The third kappa shape index (κ3) is 3.93. The van der Waals surface area contributed by atoms with Crippen molar-refractivity contribution in [1.82, 2.24) is 15.2 Å². The number of rotatable bonds is 5. The molecule has 5 rings (SSSR count). The van der Waals surface area contributed by atoms with E-state index in [-0.39, 0.29) is 12.1 Å². The number of hydrogen-bond donors (Lipinski definition) is 1. The number of ether oxygens (including phenoxy) is 2. The van der Waals surface area contributed by atoms with Crippen LogP contribution in [0.5, 0.6) is 10.9 Å². The van der Waals surface area contributed by atoms with Gasteiger partial charge in [-0.05, 0) is 61.7 Å². The van der Waals surface area contributed by atoms with Crippen molar-refractivity contribution >= 4 is 27.6 Å². The predicted octanol–water partition coefficient (Wildman–Crippen LogP) is 4.41. The Balaban J connectivity index is 1.26. The zero-order chi connectivity index (χ0) is 19.6. The molecule has 0 spiro atoms. The van der Waals surface area contributed by atoms with Gasteiger partial charge in [0, 0.05) is 6.54 Å². The summed E-state index contributed by atoms with van der Waals surface area (Å²) in [7, 11) is 0. The van der Waals surface area contributed by atoms with Crippen LogP contribution in [0.3, 0.4) is 0 Å². The number of benzene rings is 2. The highest BCUT2D eigenvalue weighted by Gasteiger charge is 2.38. The van der Waals surface area contributed by atoms with Gasteiger partial charge in [0.1, 0.15) is 12.4 Å². The summed E-state index contributed by atoms with van der Waals surface area (Å²) in [5.74, 6) is 1.25. The number of carbonyl (C=O) groups excluding carboxylic acids is 1. The molecule has 0 saturated carbocycles. The zero-order valence-electron chi connectivity index (χ0n) is 16.0. The van der Waals surface area contributed by atoms with Crippen molar-refractivity contribution in [3.8, 4) is 10.9 Å². The third-order valence-corrected chi connectivity index (χ3v) is 6.61. The molecule has 0 radical (unpaired) electrons. The molecular weight excluding hydrogens is 386 g/mol. The first-order chi connectivity index (χ1) is 14.3. The summed E-state index contributed by atoms with van der Waals surface area (Å²) < 4.78 is 12.4. The van der Waals surface area contributed by atoms with E-state index >= 15 is 0 Å². The maximum atomic E-state index is 12.3. The molecule has 7 heteroatoms. The molecule has 0 bridgehead atoms. The second kappa shape index (κ2) is 8.00. The number of nitrogens with zero attached hydrogens (tertiary/aromatic N) is 2. The van der Waals surface area contributed by atoms with Gasteiger partial charge in [0.15, 0.2) is 0 Å². The molecule has 1 unspecified atom stereocenters. The van der Waals surface area contributed by atoms with Gasteiger partial charge in [-0.15, -0.1) is 0 Å². The topological polar surface area (TPSA) is 63.7 Å². The predicted molar refractivity (Wildman–Crippen MR) is 112 cm³/mol. The van der Waals surface area contributed by atoms with Crippen molar-refractivity contribution in [2.75, 3.05) is 19.7 Å². The molecule has 150 valence electrons. The molecule has 1 N–H and O–H groups in total. The molecule has 1 atom stereocenters. The molecule has 2 aliphatic heterocycles. The summed E-state index contributed by atoms with van der Waals surface area (Å²) >= 11 is 1.53. The average molecular weight is 410 g/mol. The standard InChI is InChI=1S/C22H23N3O3S/c26-22-25(19(14-27-22)16-9-11-23-12-10-16)13-15-5-7-17(8-6-15)28-21-24-18-3-1-2-4-20(18)29-21/h1-8,16,19,23H,9-14H2. The lowest BCUT2D eigenvalue weighted by molar-refractivity contribution is 0.151. The van der Waals surface area contributed by atoms with Gasteiger partial charge in [-0.25, -0.2) is 9.78 Å². The molecular formula is C22H23N3O3S. The molecule has 2 saturated heterocycles. The van der Waals surface area contributed by atoms with E-state index in [0.29, 0.717) is 24.3 Å². The Bertz CT molecular complexity index is 965. The van der Waals surface area contributed by atoms with E-state index in [4.69, 9.17) is 9.47 Å². The van der Waals surface area contributed by atoms with Crippen LogP contribution >= 0.6 is 11.3 Å². The number of para-hydroxylation sites is 1. The van der Waals surface area contributed by atoms with E-state index in [1.54, 1.807) is 0 Å². The van der Waals surface area contributed by atoms with Gasteiger partial charge in [0.2, 0.25) is 0 Å². The second-order valence-electron chi connectivity index (χ2n) is 7.55. The van der Waals surface area contributed by atoms with E-state index in [2.05, 4.69) is 10.3 Å². The largest absolute Gasteiger partial charge is 0.447 e. The van der Waals surface area contributed by atoms with Gasteiger partial charge in [-0.2, -0.15) is 0 Å². The summed E-state index contributed by atoms with van der Waals surface area (Å²) in [5, 5.41) is 4.02. The van der Waals surface area contributed by atoms with Gasteiger partial charge < -0.3 is 14.8 Å². The van der Waals surface area contributed by atoms with Gasteiger partial charge in [0.25, 0.3) is 5.19 Å². The summed E-state index contributed by atoms with van der Waals surface area (Å²) in [6.07, 6.45) is 1.97. The summed E-state index contributed by atoms with van der Waals surface area (Å²) in [6.45, 7) is 3.10. The first-order valence-electron chi connectivity index (χ1n) is 10.0. The zero-order valence-corrected chi connectivity index (χ0v) is 16.9. The quantitative estimate of drug-likeness (QED) is 0.676. The Labute approximate surface area is 173 Å². The highest BCUT2D eigenvalue weighted by molar-refractivity contribution is 7.20. The number of carbonyl (C=O) groups is 1. The molecule has 1 aromatic heterocycles. The van der Waals surface area contributed by atoms with Crippen LogP contribution in [0.4, 0.5) is 4.79 Å². The van der Waals surface area contributed by atoms with E-state index in [1.807, 2.05) is 53.4 Å². The fourth-order valence-electron chi connectivity index (χ4n) is 4.12. The van der Waals surface area contributed by atoms with Crippen LogP contribution in [0, 0.1) is 5.92 Å². The first kappa shape index (κ1) is 18.4. The SMILES string of the molecule is O=C1OCC(C2CCNCC2)N1Cc1ccc(Oc2nc3ccccc3s2)cc1. The van der Waals surface area contributed by atoms with Crippen LogP contribution < -0.4 is 10.1 Å². The number of fused-ring (bicyclic) bond motifs is 1. The van der Waals surface area contributed by atoms with Crippen molar-refractivity contribution in [1.29, 1.82) is 0 Å². The van der Waals surface area contributed by atoms with Crippen molar-refractivity contribution in [3.05, 3.63) is 54.1 Å². The lowest BCUT2D eigenvalue weighted by Crippen LogP contribution is -2.43. The number of nitrogens with one attached hydrogen (secondary N) is 1. The lowest BCUT2D eigenvalue weighted by Gasteiger charge is -2.32. The maximum Gasteiger partial charge on any atom is 0.410 e. The molecule has 29 heavy (non-hydrogen) atoms. The Morgan fingerprint density at radius 3 is 2.72 bits per heavy atom. The minimum Gasteiger partial charge on any atom is -0.447 e. The van der Waals surface area contributed by atoms with Crippen LogP contribution in [-0.2, 0) is 11.3 Å². The minimum atomic E-state index is -0.205. The minimum absolute atomic E-state index is 0.170. The van der Waals surface area contributed by atoms with Gasteiger partial charge in [-0.3, -0.25) is 4.90 Å². The summed E-state index contributed by atoms with van der Waals surface area (Å²) in [4.78, 5) is 18.7. The maximum absolute atomic E-state index is 12.3. The molecule has 3 aromatic rings. The van der Waals surface area contributed by atoms with Gasteiger partial charge in [-0.1, -0.05) is 35.6 Å². The number of piperidine rings is 1.